The van der Waals surface area contributed by atoms with E-state index in [2.05, 4.69) is 39.5 Å². The summed E-state index contributed by atoms with van der Waals surface area (Å²) < 4.78 is 0. The average Bonchev–Trinajstić information content (AvgIpc) is 2.96. The van der Waals surface area contributed by atoms with Crippen molar-refractivity contribution in [2.45, 2.75) is 84.3 Å². The van der Waals surface area contributed by atoms with E-state index in [1.54, 1.807) is 5.57 Å². The number of hydrogen-bond donors (Lipinski definition) is 2. The second-order valence-corrected chi connectivity index (χ2v) is 9.00. The maximum absolute atomic E-state index is 10.4. The van der Waals surface area contributed by atoms with Crippen LogP contribution >= 0.6 is 0 Å². The van der Waals surface area contributed by atoms with Gasteiger partial charge in [-0.05, 0) is 79.3 Å². The molecule has 0 aromatic rings. The number of rotatable bonds is 3. The highest BCUT2D eigenvalue weighted by molar-refractivity contribution is 5.33. The summed E-state index contributed by atoms with van der Waals surface area (Å²) in [5, 5.41) is 20.2. The van der Waals surface area contributed by atoms with Crippen LogP contribution in [0.25, 0.3) is 0 Å². The van der Waals surface area contributed by atoms with Crippen molar-refractivity contribution >= 4 is 0 Å². The van der Waals surface area contributed by atoms with Crippen molar-refractivity contribution in [2.75, 3.05) is 0 Å². The number of hydrogen-bond acceptors (Lipinski definition) is 2. The molecule has 3 aliphatic carbocycles. The van der Waals surface area contributed by atoms with Gasteiger partial charge in [0.15, 0.2) is 0 Å². The molecule has 25 heavy (non-hydrogen) atoms. The third-order valence-electron chi connectivity index (χ3n) is 7.72. The van der Waals surface area contributed by atoms with Gasteiger partial charge < -0.3 is 10.2 Å². The fourth-order valence-corrected chi connectivity index (χ4v) is 5.93. The molecule has 0 unspecified atom stereocenters. The normalized spacial score (nSPS) is 43.5. The van der Waals surface area contributed by atoms with E-state index < -0.39 is 12.2 Å². The molecule has 0 aliphatic heterocycles. The molecule has 0 aromatic carbocycles. The Morgan fingerprint density at radius 3 is 2.60 bits per heavy atom. The van der Waals surface area contributed by atoms with Crippen molar-refractivity contribution in [1.29, 1.82) is 0 Å². The van der Waals surface area contributed by atoms with E-state index in [-0.39, 0.29) is 0 Å². The van der Waals surface area contributed by atoms with E-state index in [9.17, 15) is 10.2 Å². The van der Waals surface area contributed by atoms with Gasteiger partial charge in [-0.25, -0.2) is 0 Å². The van der Waals surface area contributed by atoms with E-state index in [4.69, 9.17) is 0 Å². The molecular formula is C23H36O2. The van der Waals surface area contributed by atoms with Crippen molar-refractivity contribution in [1.82, 2.24) is 0 Å². The first-order chi connectivity index (χ1) is 11.9. The van der Waals surface area contributed by atoms with Crippen LogP contribution in [0.15, 0.2) is 35.5 Å². The maximum Gasteiger partial charge on any atom is 0.0986 e. The largest absolute Gasteiger partial charge is 0.389 e. The molecule has 0 heterocycles. The molecule has 2 N–H and O–H groups in total. The molecular weight excluding hydrogens is 308 g/mol. The Kier molecular flexibility index (Phi) is 5.60. The minimum atomic E-state index is -0.674. The van der Waals surface area contributed by atoms with Crippen molar-refractivity contribution in [3.05, 3.63) is 35.5 Å². The lowest BCUT2D eigenvalue weighted by atomic mass is 9.61. The van der Waals surface area contributed by atoms with Crippen LogP contribution in [0, 0.1) is 23.2 Å². The Bertz CT molecular complexity index is 573. The average molecular weight is 345 g/mol. The van der Waals surface area contributed by atoms with Crippen LogP contribution in [0.4, 0.5) is 0 Å². The van der Waals surface area contributed by atoms with Gasteiger partial charge in [-0.15, -0.1) is 0 Å². The molecule has 2 nitrogen and oxygen atoms in total. The zero-order valence-electron chi connectivity index (χ0n) is 16.3. The molecule has 0 amide bonds. The fraction of sp³-hybridized carbons (Fsp3) is 0.739. The zero-order chi connectivity index (χ0) is 18.2. The highest BCUT2D eigenvalue weighted by Gasteiger charge is 2.50. The molecule has 3 aliphatic rings. The first-order valence-electron chi connectivity index (χ1n) is 10.3. The SMILES string of the molecule is C=C1[C@H](O)C(=CC=C2CCC[C@]3(C)[C@@H]([C@@H](C)CC)CC[C@@H]23)CC[C@H]1O. The van der Waals surface area contributed by atoms with Crippen molar-refractivity contribution in [2.24, 2.45) is 23.2 Å². The van der Waals surface area contributed by atoms with Gasteiger partial charge in [-0.1, -0.05) is 51.5 Å². The second-order valence-electron chi connectivity index (χ2n) is 9.00. The van der Waals surface area contributed by atoms with Crippen LogP contribution in [0.3, 0.4) is 0 Å². The van der Waals surface area contributed by atoms with E-state index in [0.717, 1.165) is 23.8 Å². The Hall–Kier alpha value is -0.860. The lowest BCUT2D eigenvalue weighted by Crippen LogP contribution is -2.35. The van der Waals surface area contributed by atoms with E-state index in [0.29, 0.717) is 23.3 Å². The number of fused-ring (bicyclic) bond motifs is 1. The number of aliphatic hydroxyl groups is 2. The molecule has 3 fully saturated rings. The lowest BCUT2D eigenvalue weighted by molar-refractivity contribution is 0.0961. The summed E-state index contributed by atoms with van der Waals surface area (Å²) in [6.45, 7) is 11.2. The predicted molar refractivity (Wildman–Crippen MR) is 104 cm³/mol. The zero-order valence-corrected chi connectivity index (χ0v) is 16.3. The van der Waals surface area contributed by atoms with Gasteiger partial charge >= 0.3 is 0 Å². The highest BCUT2D eigenvalue weighted by Crippen LogP contribution is 2.59. The third kappa shape index (κ3) is 3.40. The topological polar surface area (TPSA) is 40.5 Å². The monoisotopic (exact) mass is 344 g/mol. The van der Waals surface area contributed by atoms with Crippen LogP contribution in [0.2, 0.25) is 0 Å². The summed E-state index contributed by atoms with van der Waals surface area (Å²) in [4.78, 5) is 0. The molecule has 0 radical (unpaired) electrons. The third-order valence-corrected chi connectivity index (χ3v) is 7.72. The summed E-state index contributed by atoms with van der Waals surface area (Å²) >= 11 is 0. The van der Waals surface area contributed by atoms with E-state index in [1.807, 2.05) is 0 Å². The lowest BCUT2D eigenvalue weighted by Gasteiger charge is -2.44. The molecule has 3 rings (SSSR count). The highest BCUT2D eigenvalue weighted by atomic mass is 16.3. The quantitative estimate of drug-likeness (QED) is 0.693. The molecule has 0 bridgehead atoms. The molecule has 6 atom stereocenters. The first kappa shape index (κ1) is 18.9. The summed E-state index contributed by atoms with van der Waals surface area (Å²) in [6.07, 6.45) is 12.5. The summed E-state index contributed by atoms with van der Waals surface area (Å²) in [5.41, 5.74) is 3.63. The minimum Gasteiger partial charge on any atom is -0.389 e. The van der Waals surface area contributed by atoms with Gasteiger partial charge in [-0.2, -0.15) is 0 Å². The Balaban J connectivity index is 1.80. The summed E-state index contributed by atoms with van der Waals surface area (Å²) in [6, 6.07) is 0. The van der Waals surface area contributed by atoms with E-state index in [1.165, 1.54) is 38.5 Å². The van der Waals surface area contributed by atoms with Crippen LogP contribution in [0.1, 0.15) is 72.1 Å². The van der Waals surface area contributed by atoms with Gasteiger partial charge in [0.1, 0.15) is 0 Å². The van der Waals surface area contributed by atoms with Crippen molar-refractivity contribution < 1.29 is 10.2 Å². The Labute approximate surface area is 153 Å². The van der Waals surface area contributed by atoms with Crippen LogP contribution < -0.4 is 0 Å². The number of allylic oxidation sites excluding steroid dienone is 3. The molecule has 0 spiro atoms. The first-order valence-corrected chi connectivity index (χ1v) is 10.3. The fourth-order valence-electron chi connectivity index (χ4n) is 5.93. The standard InChI is InChI=1S/C23H36O2/c1-5-15(2)19-11-12-20-17(7-6-14-23(19,20)4)8-9-18-10-13-21(24)16(3)22(18)25/h8-9,15,19-22,24-25H,3,5-7,10-14H2,1-2,4H3/t15-,19+,20-,21+,22-,23+/m0/s1. The summed E-state index contributed by atoms with van der Waals surface area (Å²) in [7, 11) is 0. The Morgan fingerprint density at radius 1 is 1.16 bits per heavy atom. The Morgan fingerprint density at radius 2 is 1.88 bits per heavy atom. The molecule has 0 aromatic heterocycles. The number of aliphatic hydroxyl groups excluding tert-OH is 2. The van der Waals surface area contributed by atoms with Gasteiger partial charge in [0.25, 0.3) is 0 Å². The molecule has 140 valence electrons. The predicted octanol–water partition coefficient (Wildman–Crippen LogP) is 5.17. The smallest absolute Gasteiger partial charge is 0.0986 e. The van der Waals surface area contributed by atoms with Crippen molar-refractivity contribution in [3.8, 4) is 0 Å². The van der Waals surface area contributed by atoms with Gasteiger partial charge in [0.05, 0.1) is 12.2 Å². The maximum atomic E-state index is 10.4. The van der Waals surface area contributed by atoms with Gasteiger partial charge in [0.2, 0.25) is 0 Å². The van der Waals surface area contributed by atoms with Gasteiger partial charge in [0, 0.05) is 0 Å². The molecule has 0 saturated heterocycles. The minimum absolute atomic E-state index is 0.461. The molecule has 2 heteroatoms. The van der Waals surface area contributed by atoms with E-state index >= 15 is 0 Å². The van der Waals surface area contributed by atoms with Crippen LogP contribution in [-0.4, -0.2) is 22.4 Å². The van der Waals surface area contributed by atoms with Gasteiger partial charge in [-0.3, -0.25) is 0 Å². The second kappa shape index (κ2) is 7.40. The summed E-state index contributed by atoms with van der Waals surface area (Å²) in [5.74, 6) is 2.39. The van der Waals surface area contributed by atoms with Crippen molar-refractivity contribution in [3.63, 3.8) is 0 Å². The van der Waals surface area contributed by atoms with Crippen LogP contribution in [0.5, 0.6) is 0 Å². The molecule has 3 saturated carbocycles. The van der Waals surface area contributed by atoms with Crippen LogP contribution in [-0.2, 0) is 0 Å².